The molecule has 14 heteroatoms. The van der Waals surface area contributed by atoms with Crippen LogP contribution in [0.3, 0.4) is 0 Å². The fourth-order valence-electron chi connectivity index (χ4n) is 3.18. The van der Waals surface area contributed by atoms with Crippen molar-refractivity contribution < 1.29 is 28.7 Å². The zero-order valence-corrected chi connectivity index (χ0v) is 20.8. The Balaban J connectivity index is 1.43. The van der Waals surface area contributed by atoms with Crippen LogP contribution in [0.1, 0.15) is 0 Å². The number of carbonyl (C=O) groups excluding carboxylic acids is 4. The van der Waals surface area contributed by atoms with Crippen LogP contribution in [0, 0.1) is 0 Å². The minimum absolute atomic E-state index is 0.328. The Morgan fingerprint density at radius 2 is 0.973 bits per heavy atom. The van der Waals surface area contributed by atoms with Crippen molar-refractivity contribution in [3.63, 3.8) is 0 Å². The van der Waals surface area contributed by atoms with Crippen molar-refractivity contribution in [2.45, 2.75) is 12.2 Å². The molecule has 0 aromatic heterocycles. The molecule has 0 radical (unpaired) electrons. The standard InChI is InChI=1S/C23H30N8O6/c1-30(2)16-9-5-14(6-10-16)24-22(34)28-26-20(32)18-19(37-13-36-18)21(33)27-29-23(35)25-15-7-11-17(12-8-15)31(3)4/h5-12,18-19H,13H2,1-4H3,(H,26,32)(H,27,33)(H2,24,28,34)(H2,25,29,35)/t18-,19-/m0/s1. The second-order valence-corrected chi connectivity index (χ2v) is 8.31. The number of hydrogen-bond acceptors (Lipinski definition) is 8. The first-order valence-corrected chi connectivity index (χ1v) is 11.2. The van der Waals surface area contributed by atoms with E-state index in [1.54, 1.807) is 24.3 Å². The fourth-order valence-corrected chi connectivity index (χ4v) is 3.18. The number of ether oxygens (including phenoxy) is 2. The second-order valence-electron chi connectivity index (χ2n) is 8.31. The number of rotatable bonds is 6. The van der Waals surface area contributed by atoms with E-state index in [4.69, 9.17) is 9.47 Å². The molecule has 0 unspecified atom stereocenters. The summed E-state index contributed by atoms with van der Waals surface area (Å²) in [5.74, 6) is -1.64. The van der Waals surface area contributed by atoms with Gasteiger partial charge in [-0.15, -0.1) is 0 Å². The molecule has 198 valence electrons. The molecule has 1 aliphatic rings. The normalized spacial score (nSPS) is 16.2. The molecule has 2 aromatic rings. The van der Waals surface area contributed by atoms with Crippen LogP contribution in [0.15, 0.2) is 48.5 Å². The van der Waals surface area contributed by atoms with Crippen LogP contribution in [0.2, 0.25) is 0 Å². The highest BCUT2D eigenvalue weighted by molar-refractivity contribution is 5.96. The van der Waals surface area contributed by atoms with Crippen LogP contribution in [-0.2, 0) is 19.1 Å². The molecule has 37 heavy (non-hydrogen) atoms. The highest BCUT2D eigenvalue weighted by Crippen LogP contribution is 2.17. The summed E-state index contributed by atoms with van der Waals surface area (Å²) in [5.41, 5.74) is 11.6. The summed E-state index contributed by atoms with van der Waals surface area (Å²) in [5, 5.41) is 5.12. The van der Waals surface area contributed by atoms with Crippen LogP contribution in [0.5, 0.6) is 0 Å². The van der Waals surface area contributed by atoms with E-state index >= 15 is 0 Å². The van der Waals surface area contributed by atoms with Gasteiger partial charge in [-0.05, 0) is 48.5 Å². The predicted molar refractivity (Wildman–Crippen MR) is 137 cm³/mol. The first kappa shape index (κ1) is 27.0. The van der Waals surface area contributed by atoms with Crippen molar-refractivity contribution in [2.75, 3.05) is 55.4 Å². The monoisotopic (exact) mass is 514 g/mol. The lowest BCUT2D eigenvalue weighted by atomic mass is 10.2. The number of amides is 6. The van der Waals surface area contributed by atoms with Gasteiger partial charge >= 0.3 is 12.1 Å². The van der Waals surface area contributed by atoms with Gasteiger partial charge in [0.25, 0.3) is 11.8 Å². The average Bonchev–Trinajstić information content (AvgIpc) is 3.37. The van der Waals surface area contributed by atoms with Gasteiger partial charge in [0.05, 0.1) is 0 Å². The van der Waals surface area contributed by atoms with E-state index in [0.717, 1.165) is 11.4 Å². The van der Waals surface area contributed by atoms with Crippen molar-refractivity contribution in [1.29, 1.82) is 0 Å². The van der Waals surface area contributed by atoms with E-state index in [0.29, 0.717) is 11.4 Å². The van der Waals surface area contributed by atoms with Crippen LogP contribution < -0.4 is 42.1 Å². The van der Waals surface area contributed by atoms with Crippen LogP contribution in [-0.4, -0.2) is 71.1 Å². The number of hydrazine groups is 2. The van der Waals surface area contributed by atoms with E-state index in [1.165, 1.54) is 0 Å². The van der Waals surface area contributed by atoms with Gasteiger partial charge in [0.2, 0.25) is 0 Å². The molecule has 6 N–H and O–H groups in total. The maximum absolute atomic E-state index is 12.4. The molecule has 1 heterocycles. The van der Waals surface area contributed by atoms with E-state index in [9.17, 15) is 19.2 Å². The van der Waals surface area contributed by atoms with Crippen molar-refractivity contribution in [3.8, 4) is 0 Å². The molecular weight excluding hydrogens is 484 g/mol. The SMILES string of the molecule is CN(C)c1ccc(NC(=O)NNC(=O)[C@H]2OCO[C@@H]2C(=O)NNC(=O)Nc2ccc(N(C)C)cc2)cc1. The Hall–Kier alpha value is -4.56. The van der Waals surface area contributed by atoms with Crippen molar-refractivity contribution in [3.05, 3.63) is 48.5 Å². The van der Waals surface area contributed by atoms with Crippen LogP contribution >= 0.6 is 0 Å². The molecular formula is C23H30N8O6. The number of nitrogens with one attached hydrogen (secondary N) is 6. The molecule has 0 aliphatic carbocycles. The third kappa shape index (κ3) is 7.71. The van der Waals surface area contributed by atoms with Crippen molar-refractivity contribution in [1.82, 2.24) is 21.7 Å². The zero-order valence-electron chi connectivity index (χ0n) is 20.8. The number of urea groups is 2. The molecule has 2 atom stereocenters. The zero-order chi connectivity index (χ0) is 26.9. The maximum atomic E-state index is 12.4. The summed E-state index contributed by atoms with van der Waals surface area (Å²) in [7, 11) is 7.57. The van der Waals surface area contributed by atoms with E-state index in [-0.39, 0.29) is 6.79 Å². The first-order chi connectivity index (χ1) is 17.6. The lowest BCUT2D eigenvalue weighted by Gasteiger charge is -2.17. The minimum Gasteiger partial charge on any atom is -0.378 e. The lowest BCUT2D eigenvalue weighted by Crippen LogP contribution is -2.55. The molecule has 2 aromatic carbocycles. The highest BCUT2D eigenvalue weighted by Gasteiger charge is 2.41. The highest BCUT2D eigenvalue weighted by atomic mass is 16.7. The summed E-state index contributed by atoms with van der Waals surface area (Å²) in [6.45, 7) is -0.328. The van der Waals surface area contributed by atoms with Gasteiger partial charge in [-0.25, -0.2) is 20.4 Å². The van der Waals surface area contributed by atoms with Gasteiger partial charge in [-0.3, -0.25) is 20.4 Å². The second kappa shape index (κ2) is 12.4. The largest absolute Gasteiger partial charge is 0.378 e. The van der Waals surface area contributed by atoms with Crippen molar-refractivity contribution in [2.24, 2.45) is 0 Å². The fraction of sp³-hybridized carbons (Fsp3) is 0.304. The molecule has 0 saturated carbocycles. The molecule has 0 spiro atoms. The number of hydrogen-bond donors (Lipinski definition) is 6. The summed E-state index contributed by atoms with van der Waals surface area (Å²) >= 11 is 0. The smallest absolute Gasteiger partial charge is 0.337 e. The molecule has 1 saturated heterocycles. The van der Waals surface area contributed by atoms with Gasteiger partial charge in [-0.1, -0.05) is 0 Å². The Morgan fingerprint density at radius 3 is 1.30 bits per heavy atom. The molecule has 1 fully saturated rings. The van der Waals surface area contributed by atoms with E-state index < -0.39 is 36.1 Å². The maximum Gasteiger partial charge on any atom is 0.337 e. The van der Waals surface area contributed by atoms with Crippen LogP contribution in [0.4, 0.5) is 32.3 Å². The molecule has 1 aliphatic heterocycles. The van der Waals surface area contributed by atoms with Gasteiger partial charge in [-0.2, -0.15) is 0 Å². The Kier molecular flexibility index (Phi) is 9.07. The third-order valence-electron chi connectivity index (χ3n) is 5.17. The average molecular weight is 515 g/mol. The molecule has 14 nitrogen and oxygen atoms in total. The Bertz CT molecular complexity index is 1020. The van der Waals surface area contributed by atoms with Crippen molar-refractivity contribution >= 4 is 46.6 Å². The van der Waals surface area contributed by atoms with Crippen LogP contribution in [0.25, 0.3) is 0 Å². The lowest BCUT2D eigenvalue weighted by molar-refractivity contribution is -0.138. The topological polar surface area (TPSA) is 165 Å². The summed E-state index contributed by atoms with van der Waals surface area (Å²) in [6.07, 6.45) is -2.72. The molecule has 3 rings (SSSR count). The van der Waals surface area contributed by atoms with Gasteiger partial charge < -0.3 is 29.9 Å². The van der Waals surface area contributed by atoms with Gasteiger partial charge in [0.1, 0.15) is 6.79 Å². The van der Waals surface area contributed by atoms with Gasteiger partial charge in [0, 0.05) is 50.9 Å². The number of benzene rings is 2. The number of carbonyl (C=O) groups is 4. The summed E-state index contributed by atoms with van der Waals surface area (Å²) < 4.78 is 10.3. The predicted octanol–water partition coefficient (Wildman–Crippen LogP) is 0.566. The van der Waals surface area contributed by atoms with Gasteiger partial charge in [0.15, 0.2) is 12.2 Å². The third-order valence-corrected chi connectivity index (χ3v) is 5.17. The Labute approximate surface area is 213 Å². The quantitative estimate of drug-likeness (QED) is 0.305. The number of nitrogens with zero attached hydrogens (tertiary/aromatic N) is 2. The summed E-state index contributed by atoms with van der Waals surface area (Å²) in [4.78, 5) is 52.9. The molecule has 0 bridgehead atoms. The van der Waals surface area contributed by atoms with E-state index in [2.05, 4.69) is 32.3 Å². The first-order valence-electron chi connectivity index (χ1n) is 11.2. The number of anilines is 4. The summed E-state index contributed by atoms with van der Waals surface area (Å²) in [6, 6.07) is 12.7. The van der Waals surface area contributed by atoms with E-state index in [1.807, 2.05) is 62.3 Å². The Morgan fingerprint density at radius 1 is 0.622 bits per heavy atom. The molecule has 6 amide bonds. The minimum atomic E-state index is -1.36.